The molecule has 3 rings (SSSR count). The number of aromatic amines is 1. The molecular weight excluding hydrogens is 352 g/mol. The van der Waals surface area contributed by atoms with Gasteiger partial charge in [0.15, 0.2) is 5.16 Å². The van der Waals surface area contributed by atoms with E-state index in [1.54, 1.807) is 12.1 Å². The highest BCUT2D eigenvalue weighted by Crippen LogP contribution is 2.29. The molecule has 4 nitrogen and oxygen atoms in total. The van der Waals surface area contributed by atoms with Crippen LogP contribution in [-0.4, -0.2) is 20.2 Å². The van der Waals surface area contributed by atoms with Gasteiger partial charge in [0.25, 0.3) is 0 Å². The maximum Gasteiger partial charge on any atom is 0.230 e. The van der Waals surface area contributed by atoms with Crippen molar-refractivity contribution in [2.75, 3.05) is 0 Å². The number of halogens is 1. The average molecular weight is 363 g/mol. The second kappa shape index (κ2) is 5.54. The molecule has 0 atom stereocenters. The number of nitrogens with one attached hydrogen (secondary N) is 1. The molecule has 0 aliphatic carbocycles. The van der Waals surface area contributed by atoms with Crippen LogP contribution >= 0.6 is 27.7 Å². The first kappa shape index (κ1) is 14.2. The zero-order valence-corrected chi connectivity index (χ0v) is 13.5. The van der Waals surface area contributed by atoms with Gasteiger partial charge in [-0.15, -0.1) is 0 Å². The number of carbonyl (C=O) groups is 1. The predicted octanol–water partition coefficient (Wildman–Crippen LogP) is 4.27. The fourth-order valence-electron chi connectivity index (χ4n) is 1.96. The summed E-state index contributed by atoms with van der Waals surface area (Å²) in [6, 6.07) is 10.6. The Balaban J connectivity index is 1.90. The van der Waals surface area contributed by atoms with Crippen LogP contribution in [-0.2, 0) is 0 Å². The highest BCUT2D eigenvalue weighted by atomic mass is 79.9. The Morgan fingerprint density at radius 2 is 2.10 bits per heavy atom. The number of thioether (sulfide) groups is 1. The maximum atomic E-state index is 12.3. The number of H-pyrrole nitrogens is 1. The van der Waals surface area contributed by atoms with Gasteiger partial charge >= 0.3 is 0 Å². The Morgan fingerprint density at radius 3 is 2.90 bits per heavy atom. The lowest BCUT2D eigenvalue weighted by molar-refractivity contribution is 0.108. The molecule has 1 heterocycles. The molecule has 0 bridgehead atoms. The first-order valence-corrected chi connectivity index (χ1v) is 7.81. The molecule has 0 unspecified atom stereocenters. The molecule has 0 radical (unpaired) electrons. The van der Waals surface area contributed by atoms with Gasteiger partial charge < -0.3 is 10.1 Å². The van der Waals surface area contributed by atoms with Crippen LogP contribution in [0.3, 0.4) is 0 Å². The first-order chi connectivity index (χ1) is 10.0. The van der Waals surface area contributed by atoms with Crippen molar-refractivity contribution >= 4 is 43.8 Å². The minimum Gasteiger partial charge on any atom is -0.507 e. The van der Waals surface area contributed by atoms with Crippen LogP contribution in [0.2, 0.25) is 0 Å². The quantitative estimate of drug-likeness (QED) is 0.668. The molecule has 6 heteroatoms. The number of aryl methyl sites for hydroxylation is 1. The van der Waals surface area contributed by atoms with E-state index in [0.29, 0.717) is 5.16 Å². The second-order valence-electron chi connectivity index (χ2n) is 4.61. The summed E-state index contributed by atoms with van der Waals surface area (Å²) in [5, 5.41) is 10.0. The number of phenols is 1. The van der Waals surface area contributed by atoms with Gasteiger partial charge in [-0.05, 0) is 54.6 Å². The molecule has 106 valence electrons. The molecular formula is C15H11BrN2O2S. The SMILES string of the molecule is Cc1ccc2nc(SC(=O)c3cc(Br)ccc3O)[nH]c2c1. The fraction of sp³-hybridized carbons (Fsp3) is 0.0667. The van der Waals surface area contributed by atoms with E-state index >= 15 is 0 Å². The number of carbonyl (C=O) groups excluding carboxylic acids is 1. The van der Waals surface area contributed by atoms with E-state index in [-0.39, 0.29) is 16.4 Å². The normalized spacial score (nSPS) is 11.0. The van der Waals surface area contributed by atoms with Crippen LogP contribution in [0.5, 0.6) is 5.75 Å². The Morgan fingerprint density at radius 1 is 1.29 bits per heavy atom. The fourth-order valence-corrected chi connectivity index (χ4v) is 3.08. The maximum absolute atomic E-state index is 12.3. The van der Waals surface area contributed by atoms with E-state index in [9.17, 15) is 9.90 Å². The first-order valence-electron chi connectivity index (χ1n) is 6.20. The van der Waals surface area contributed by atoms with Gasteiger partial charge in [-0.1, -0.05) is 22.0 Å². The number of nitrogens with zero attached hydrogens (tertiary/aromatic N) is 1. The zero-order valence-electron chi connectivity index (χ0n) is 11.1. The number of aromatic nitrogens is 2. The topological polar surface area (TPSA) is 66.0 Å². The highest BCUT2D eigenvalue weighted by molar-refractivity contribution is 9.10. The summed E-state index contributed by atoms with van der Waals surface area (Å²) < 4.78 is 0.740. The van der Waals surface area contributed by atoms with Crippen molar-refractivity contribution in [2.24, 2.45) is 0 Å². The summed E-state index contributed by atoms with van der Waals surface area (Å²) in [4.78, 5) is 19.7. The van der Waals surface area contributed by atoms with Gasteiger partial charge in [0, 0.05) is 4.47 Å². The van der Waals surface area contributed by atoms with Crippen LogP contribution in [0.25, 0.3) is 11.0 Å². The molecule has 0 saturated carbocycles. The largest absolute Gasteiger partial charge is 0.507 e. The number of hydrogen-bond donors (Lipinski definition) is 2. The molecule has 21 heavy (non-hydrogen) atoms. The van der Waals surface area contributed by atoms with E-state index < -0.39 is 0 Å². The van der Waals surface area contributed by atoms with Crippen molar-refractivity contribution in [2.45, 2.75) is 12.1 Å². The summed E-state index contributed by atoms with van der Waals surface area (Å²) in [7, 11) is 0. The van der Waals surface area contributed by atoms with Crippen LogP contribution < -0.4 is 0 Å². The lowest BCUT2D eigenvalue weighted by Gasteiger charge is -2.02. The number of fused-ring (bicyclic) bond motifs is 1. The zero-order chi connectivity index (χ0) is 15.0. The molecule has 1 aromatic heterocycles. The molecule has 0 aliphatic rings. The minimum atomic E-state index is -0.260. The van der Waals surface area contributed by atoms with Crippen molar-refractivity contribution in [3.05, 3.63) is 52.0 Å². The number of imidazole rings is 1. The third-order valence-electron chi connectivity index (χ3n) is 2.98. The van der Waals surface area contributed by atoms with Crippen molar-refractivity contribution < 1.29 is 9.90 Å². The average Bonchev–Trinajstić information content (AvgIpc) is 2.82. The lowest BCUT2D eigenvalue weighted by Crippen LogP contribution is -1.94. The van der Waals surface area contributed by atoms with Gasteiger partial charge in [-0.3, -0.25) is 4.79 Å². The van der Waals surface area contributed by atoms with Crippen LogP contribution in [0.4, 0.5) is 0 Å². The Hall–Kier alpha value is -1.79. The van der Waals surface area contributed by atoms with E-state index in [1.807, 2.05) is 25.1 Å². The van der Waals surface area contributed by atoms with Crippen LogP contribution in [0.15, 0.2) is 46.0 Å². The van der Waals surface area contributed by atoms with Gasteiger partial charge in [0.05, 0.1) is 16.6 Å². The molecule has 2 N–H and O–H groups in total. The highest BCUT2D eigenvalue weighted by Gasteiger charge is 2.15. The van der Waals surface area contributed by atoms with E-state index in [2.05, 4.69) is 25.9 Å². The van der Waals surface area contributed by atoms with Crippen molar-refractivity contribution in [1.29, 1.82) is 0 Å². The number of aromatic hydroxyl groups is 1. The monoisotopic (exact) mass is 362 g/mol. The smallest absolute Gasteiger partial charge is 0.230 e. The number of hydrogen-bond acceptors (Lipinski definition) is 4. The molecule has 0 aliphatic heterocycles. The molecule has 2 aromatic carbocycles. The number of rotatable bonds is 2. The van der Waals surface area contributed by atoms with Crippen LogP contribution in [0, 0.1) is 6.92 Å². The van der Waals surface area contributed by atoms with Gasteiger partial charge in [0.2, 0.25) is 5.12 Å². The summed E-state index contributed by atoms with van der Waals surface area (Å²) in [5.74, 6) is -0.0392. The van der Waals surface area contributed by atoms with Crippen molar-refractivity contribution in [3.8, 4) is 5.75 Å². The van der Waals surface area contributed by atoms with Crippen LogP contribution in [0.1, 0.15) is 15.9 Å². The minimum absolute atomic E-state index is 0.0392. The molecule has 0 saturated heterocycles. The van der Waals surface area contributed by atoms with E-state index in [1.165, 1.54) is 6.07 Å². The summed E-state index contributed by atoms with van der Waals surface area (Å²) >= 11 is 4.25. The van der Waals surface area contributed by atoms with E-state index in [0.717, 1.165) is 32.8 Å². The lowest BCUT2D eigenvalue weighted by atomic mass is 10.2. The molecule has 0 fully saturated rings. The van der Waals surface area contributed by atoms with E-state index in [4.69, 9.17) is 0 Å². The predicted molar refractivity (Wildman–Crippen MR) is 86.8 cm³/mol. The van der Waals surface area contributed by atoms with Gasteiger partial charge in [-0.25, -0.2) is 4.98 Å². The van der Waals surface area contributed by atoms with Crippen molar-refractivity contribution in [3.63, 3.8) is 0 Å². The van der Waals surface area contributed by atoms with Gasteiger partial charge in [-0.2, -0.15) is 0 Å². The summed E-state index contributed by atoms with van der Waals surface area (Å²) in [6.45, 7) is 2.00. The number of phenolic OH excluding ortho intramolecular Hbond substituents is 1. The van der Waals surface area contributed by atoms with Gasteiger partial charge in [0.1, 0.15) is 5.75 Å². The Kier molecular flexibility index (Phi) is 3.73. The number of benzene rings is 2. The third-order valence-corrected chi connectivity index (χ3v) is 4.27. The molecule has 0 spiro atoms. The summed E-state index contributed by atoms with van der Waals surface area (Å²) in [6.07, 6.45) is 0. The Bertz CT molecular complexity index is 845. The summed E-state index contributed by atoms with van der Waals surface area (Å²) in [5.41, 5.74) is 3.09. The van der Waals surface area contributed by atoms with Crippen molar-refractivity contribution in [1.82, 2.24) is 9.97 Å². The molecule has 3 aromatic rings. The third kappa shape index (κ3) is 2.96. The Labute approximate surface area is 133 Å². The standard InChI is InChI=1S/C15H11BrN2O2S/c1-8-2-4-11-12(6-8)18-15(17-11)21-14(20)10-7-9(16)3-5-13(10)19/h2-7,19H,1H3,(H,17,18). The second-order valence-corrected chi connectivity index (χ2v) is 6.49. The molecule has 0 amide bonds.